The first-order chi connectivity index (χ1) is 12.7. The number of fused-ring (bicyclic) bond motifs is 2. The Hall–Kier alpha value is -2.36. The van der Waals surface area contributed by atoms with E-state index in [4.69, 9.17) is 9.98 Å². The summed E-state index contributed by atoms with van der Waals surface area (Å²) in [7, 11) is 0. The molecule has 138 valence electrons. The van der Waals surface area contributed by atoms with E-state index in [1.165, 1.54) is 0 Å². The average molecular weight is 352 g/mol. The zero-order chi connectivity index (χ0) is 18.5. The highest BCUT2D eigenvalue weighted by molar-refractivity contribution is 6.24. The molecule has 0 fully saturated rings. The maximum atomic E-state index is 11.0. The Morgan fingerprint density at radius 1 is 0.769 bits per heavy atom. The molecule has 0 spiro atoms. The van der Waals surface area contributed by atoms with Gasteiger partial charge in [-0.25, -0.2) is 0 Å². The predicted molar refractivity (Wildman–Crippen MR) is 109 cm³/mol. The molecule has 0 amide bonds. The molecule has 2 N–H and O–H groups in total. The fourth-order valence-corrected chi connectivity index (χ4v) is 3.51. The summed E-state index contributed by atoms with van der Waals surface area (Å²) in [5, 5.41) is 23.3. The van der Waals surface area contributed by atoms with Crippen molar-refractivity contribution in [1.29, 1.82) is 0 Å². The van der Waals surface area contributed by atoms with Crippen LogP contribution in [0.25, 0.3) is 10.8 Å². The SMILES string of the molecule is CCCCN=C1CCC(=NCCCC)c2c1c(O)c1ccccc1c2O. The molecule has 0 aromatic heterocycles. The maximum Gasteiger partial charge on any atom is 0.133 e. The lowest BCUT2D eigenvalue weighted by molar-refractivity contribution is 0.466. The smallest absolute Gasteiger partial charge is 0.133 e. The summed E-state index contributed by atoms with van der Waals surface area (Å²) in [5.74, 6) is 0.429. The van der Waals surface area contributed by atoms with E-state index in [0.717, 1.165) is 63.0 Å². The van der Waals surface area contributed by atoms with Crippen molar-refractivity contribution in [3.8, 4) is 11.5 Å². The summed E-state index contributed by atoms with van der Waals surface area (Å²) in [6.45, 7) is 5.79. The minimum absolute atomic E-state index is 0.214. The molecule has 0 radical (unpaired) electrons. The van der Waals surface area contributed by atoms with Crippen LogP contribution in [0, 0.1) is 0 Å². The summed E-state index contributed by atoms with van der Waals surface area (Å²) in [5.41, 5.74) is 3.14. The van der Waals surface area contributed by atoms with Crippen molar-refractivity contribution < 1.29 is 10.2 Å². The summed E-state index contributed by atoms with van der Waals surface area (Å²) in [6, 6.07) is 7.44. The molecule has 1 aliphatic carbocycles. The third-order valence-electron chi connectivity index (χ3n) is 4.97. The molecule has 3 rings (SSSR count). The van der Waals surface area contributed by atoms with E-state index in [0.29, 0.717) is 21.9 Å². The van der Waals surface area contributed by atoms with E-state index < -0.39 is 0 Å². The number of nitrogens with zero attached hydrogens (tertiary/aromatic N) is 2. The normalized spacial score (nSPS) is 17.2. The average Bonchev–Trinajstić information content (AvgIpc) is 2.67. The number of hydrogen-bond donors (Lipinski definition) is 2. The van der Waals surface area contributed by atoms with Gasteiger partial charge in [-0.15, -0.1) is 0 Å². The van der Waals surface area contributed by atoms with Gasteiger partial charge in [-0.1, -0.05) is 51.0 Å². The molecule has 0 bridgehead atoms. The number of benzene rings is 2. The van der Waals surface area contributed by atoms with Gasteiger partial charge in [0.2, 0.25) is 0 Å². The van der Waals surface area contributed by atoms with Gasteiger partial charge in [0.15, 0.2) is 0 Å². The molecular weight excluding hydrogens is 324 g/mol. The number of aromatic hydroxyl groups is 2. The number of rotatable bonds is 6. The van der Waals surface area contributed by atoms with Gasteiger partial charge in [-0.05, 0) is 25.7 Å². The first-order valence-corrected chi connectivity index (χ1v) is 9.73. The molecule has 1 aliphatic rings. The molecule has 0 saturated carbocycles. The van der Waals surface area contributed by atoms with Gasteiger partial charge in [0.25, 0.3) is 0 Å². The lowest BCUT2D eigenvalue weighted by atomic mass is 9.84. The molecule has 2 aromatic rings. The van der Waals surface area contributed by atoms with Crippen molar-refractivity contribution in [3.05, 3.63) is 35.4 Å². The van der Waals surface area contributed by atoms with Gasteiger partial charge in [0.1, 0.15) is 11.5 Å². The largest absolute Gasteiger partial charge is 0.507 e. The van der Waals surface area contributed by atoms with Crippen LogP contribution in [0.4, 0.5) is 0 Å². The number of phenolic OH excluding ortho intramolecular Hbond substituents is 2. The van der Waals surface area contributed by atoms with Crippen molar-refractivity contribution in [1.82, 2.24) is 0 Å². The van der Waals surface area contributed by atoms with Crippen molar-refractivity contribution >= 4 is 22.2 Å². The van der Waals surface area contributed by atoms with Crippen LogP contribution in [0.2, 0.25) is 0 Å². The zero-order valence-corrected chi connectivity index (χ0v) is 15.8. The van der Waals surface area contributed by atoms with E-state index in [9.17, 15) is 10.2 Å². The third-order valence-corrected chi connectivity index (χ3v) is 4.97. The molecule has 0 unspecified atom stereocenters. The first-order valence-electron chi connectivity index (χ1n) is 9.73. The molecule has 0 heterocycles. The molecular formula is C22H28N2O2. The topological polar surface area (TPSA) is 65.2 Å². The van der Waals surface area contributed by atoms with Crippen LogP contribution in [0.1, 0.15) is 63.5 Å². The molecule has 4 heteroatoms. The minimum atomic E-state index is 0.214. The van der Waals surface area contributed by atoms with Crippen LogP contribution >= 0.6 is 0 Å². The second-order valence-electron chi connectivity index (χ2n) is 6.86. The van der Waals surface area contributed by atoms with Crippen LogP contribution < -0.4 is 0 Å². The lowest BCUT2D eigenvalue weighted by Crippen LogP contribution is -2.20. The lowest BCUT2D eigenvalue weighted by Gasteiger charge is -2.24. The zero-order valence-electron chi connectivity index (χ0n) is 15.8. The predicted octanol–water partition coefficient (Wildman–Crippen LogP) is 5.22. The molecule has 2 aromatic carbocycles. The second kappa shape index (κ2) is 8.35. The van der Waals surface area contributed by atoms with Crippen LogP contribution in [0.5, 0.6) is 11.5 Å². The van der Waals surface area contributed by atoms with Gasteiger partial charge in [-0.2, -0.15) is 0 Å². The van der Waals surface area contributed by atoms with Gasteiger partial charge < -0.3 is 10.2 Å². The summed E-state index contributed by atoms with van der Waals surface area (Å²) < 4.78 is 0. The Labute approximate surface area is 155 Å². The molecule has 0 aliphatic heterocycles. The van der Waals surface area contributed by atoms with E-state index in [1.54, 1.807) is 0 Å². The standard InChI is InChI=1S/C22H28N2O2/c1-3-5-13-23-17-11-12-18(24-14-6-4-2)20-19(17)21(25)15-9-7-8-10-16(15)22(20)26/h7-10,25-26H,3-6,11-14H2,1-2H3. The third kappa shape index (κ3) is 3.46. The monoisotopic (exact) mass is 352 g/mol. The van der Waals surface area contributed by atoms with E-state index in [2.05, 4.69) is 13.8 Å². The Balaban J connectivity index is 2.20. The van der Waals surface area contributed by atoms with E-state index in [1.807, 2.05) is 24.3 Å². The van der Waals surface area contributed by atoms with Gasteiger partial charge in [0.05, 0.1) is 11.1 Å². The van der Waals surface area contributed by atoms with Gasteiger partial charge >= 0.3 is 0 Å². The summed E-state index contributed by atoms with van der Waals surface area (Å²) in [6.07, 6.45) is 5.73. The minimum Gasteiger partial charge on any atom is -0.507 e. The number of hydrogen-bond acceptors (Lipinski definition) is 4. The summed E-state index contributed by atoms with van der Waals surface area (Å²) >= 11 is 0. The number of aliphatic imine (C=N–C) groups is 2. The van der Waals surface area contributed by atoms with Crippen molar-refractivity contribution in [2.75, 3.05) is 13.1 Å². The highest BCUT2D eigenvalue weighted by atomic mass is 16.3. The quantitative estimate of drug-likeness (QED) is 0.553. The van der Waals surface area contributed by atoms with Crippen molar-refractivity contribution in [3.63, 3.8) is 0 Å². The molecule has 4 nitrogen and oxygen atoms in total. The van der Waals surface area contributed by atoms with Crippen LogP contribution in [0.3, 0.4) is 0 Å². The summed E-state index contributed by atoms with van der Waals surface area (Å²) in [4.78, 5) is 9.49. The molecule has 0 saturated heterocycles. The maximum absolute atomic E-state index is 11.0. The Kier molecular flexibility index (Phi) is 5.92. The number of unbranched alkanes of at least 4 members (excludes halogenated alkanes) is 2. The highest BCUT2D eigenvalue weighted by Gasteiger charge is 2.29. The Bertz CT molecular complexity index is 782. The van der Waals surface area contributed by atoms with Crippen molar-refractivity contribution in [2.24, 2.45) is 9.98 Å². The van der Waals surface area contributed by atoms with Crippen LogP contribution in [-0.2, 0) is 0 Å². The van der Waals surface area contributed by atoms with Gasteiger partial charge in [-0.3, -0.25) is 9.98 Å². The fraction of sp³-hybridized carbons (Fsp3) is 0.455. The van der Waals surface area contributed by atoms with E-state index in [-0.39, 0.29) is 11.5 Å². The fourth-order valence-electron chi connectivity index (χ4n) is 3.51. The first kappa shape index (κ1) is 18.4. The Morgan fingerprint density at radius 3 is 1.58 bits per heavy atom. The second-order valence-corrected chi connectivity index (χ2v) is 6.86. The molecule has 0 atom stereocenters. The highest BCUT2D eigenvalue weighted by Crippen LogP contribution is 2.43. The number of phenols is 2. The van der Waals surface area contributed by atoms with Crippen LogP contribution in [0.15, 0.2) is 34.3 Å². The van der Waals surface area contributed by atoms with Crippen molar-refractivity contribution in [2.45, 2.75) is 52.4 Å². The van der Waals surface area contributed by atoms with Crippen LogP contribution in [-0.4, -0.2) is 34.7 Å². The van der Waals surface area contributed by atoms with Gasteiger partial charge in [0, 0.05) is 35.3 Å². The Morgan fingerprint density at radius 2 is 1.19 bits per heavy atom. The van der Waals surface area contributed by atoms with E-state index >= 15 is 0 Å². The molecule has 26 heavy (non-hydrogen) atoms.